The fraction of sp³-hybridized carbons (Fsp3) is 0.917. The molecule has 0 spiro atoms. The Morgan fingerprint density at radius 1 is 1.56 bits per heavy atom. The molecule has 4 heteroatoms. The molecule has 0 saturated carbocycles. The summed E-state index contributed by atoms with van der Waals surface area (Å²) in [5.41, 5.74) is -0.688. The molecule has 1 fully saturated rings. The molecule has 1 saturated heterocycles. The molecule has 1 aliphatic heterocycles. The molecule has 1 rings (SSSR count). The lowest BCUT2D eigenvalue weighted by molar-refractivity contribution is -0.142. The minimum absolute atomic E-state index is 0.00574. The van der Waals surface area contributed by atoms with Crippen LogP contribution in [-0.2, 0) is 9.53 Å². The highest BCUT2D eigenvalue weighted by molar-refractivity contribution is 5.84. The fourth-order valence-corrected chi connectivity index (χ4v) is 1.88. The van der Waals surface area contributed by atoms with Gasteiger partial charge in [-0.15, -0.1) is 0 Å². The van der Waals surface area contributed by atoms with E-state index in [2.05, 4.69) is 10.6 Å². The van der Waals surface area contributed by atoms with E-state index in [1.54, 1.807) is 7.11 Å². The second kappa shape index (κ2) is 6.21. The van der Waals surface area contributed by atoms with Crippen LogP contribution in [0.5, 0.6) is 0 Å². The molecule has 2 atom stereocenters. The van der Waals surface area contributed by atoms with Crippen LogP contribution < -0.4 is 10.6 Å². The van der Waals surface area contributed by atoms with E-state index in [9.17, 15) is 4.79 Å². The maximum Gasteiger partial charge on any atom is 0.252 e. The van der Waals surface area contributed by atoms with Crippen molar-refractivity contribution in [2.75, 3.05) is 20.2 Å². The molecule has 1 heterocycles. The van der Waals surface area contributed by atoms with E-state index in [0.717, 1.165) is 19.5 Å². The molecule has 16 heavy (non-hydrogen) atoms. The average molecular weight is 228 g/mol. The van der Waals surface area contributed by atoms with Gasteiger partial charge < -0.3 is 15.4 Å². The second-order valence-electron chi connectivity index (χ2n) is 4.66. The first-order valence-electron chi connectivity index (χ1n) is 6.19. The zero-order chi connectivity index (χ0) is 12.0. The van der Waals surface area contributed by atoms with Gasteiger partial charge >= 0.3 is 0 Å². The SMILES string of the molecule is CCC(C)(OC)C(=O)NC1CCCCNC1. The minimum Gasteiger partial charge on any atom is -0.369 e. The summed E-state index contributed by atoms with van der Waals surface area (Å²) < 4.78 is 5.29. The molecule has 4 nitrogen and oxygen atoms in total. The van der Waals surface area contributed by atoms with E-state index in [-0.39, 0.29) is 11.9 Å². The Kier molecular flexibility index (Phi) is 5.22. The van der Waals surface area contributed by atoms with Crippen LogP contribution >= 0.6 is 0 Å². The normalized spacial score (nSPS) is 25.6. The van der Waals surface area contributed by atoms with Crippen molar-refractivity contribution in [3.8, 4) is 0 Å². The number of hydrogen-bond donors (Lipinski definition) is 2. The lowest BCUT2D eigenvalue weighted by Crippen LogP contribution is -2.51. The van der Waals surface area contributed by atoms with Gasteiger partial charge in [0.2, 0.25) is 0 Å². The van der Waals surface area contributed by atoms with E-state index in [4.69, 9.17) is 4.74 Å². The van der Waals surface area contributed by atoms with Crippen LogP contribution in [0.2, 0.25) is 0 Å². The van der Waals surface area contributed by atoms with Crippen LogP contribution in [-0.4, -0.2) is 37.7 Å². The summed E-state index contributed by atoms with van der Waals surface area (Å²) in [7, 11) is 1.59. The van der Waals surface area contributed by atoms with Gasteiger partial charge in [-0.05, 0) is 32.7 Å². The summed E-state index contributed by atoms with van der Waals surface area (Å²) in [5, 5.41) is 6.41. The predicted molar refractivity (Wildman–Crippen MR) is 64.4 cm³/mol. The van der Waals surface area contributed by atoms with Crippen molar-refractivity contribution in [3.63, 3.8) is 0 Å². The van der Waals surface area contributed by atoms with Gasteiger partial charge in [0, 0.05) is 19.7 Å². The Hall–Kier alpha value is -0.610. The molecule has 0 aliphatic carbocycles. The molecule has 94 valence electrons. The molecular formula is C12H24N2O2. The van der Waals surface area contributed by atoms with Crippen LogP contribution in [0, 0.1) is 0 Å². The van der Waals surface area contributed by atoms with Crippen LogP contribution in [0.15, 0.2) is 0 Å². The number of carbonyl (C=O) groups excluding carboxylic acids is 1. The van der Waals surface area contributed by atoms with Gasteiger partial charge in [-0.1, -0.05) is 13.3 Å². The Morgan fingerprint density at radius 2 is 2.31 bits per heavy atom. The van der Waals surface area contributed by atoms with Crippen LogP contribution in [0.1, 0.15) is 39.5 Å². The summed E-state index contributed by atoms with van der Waals surface area (Å²) in [6, 6.07) is 0.246. The highest BCUT2D eigenvalue weighted by Gasteiger charge is 2.32. The third kappa shape index (κ3) is 3.46. The third-order valence-corrected chi connectivity index (χ3v) is 3.49. The highest BCUT2D eigenvalue weighted by Crippen LogP contribution is 2.15. The molecule has 0 bridgehead atoms. The Labute approximate surface area is 98.1 Å². The van der Waals surface area contributed by atoms with E-state index in [0.29, 0.717) is 6.42 Å². The second-order valence-corrected chi connectivity index (χ2v) is 4.66. The molecule has 2 N–H and O–H groups in total. The Morgan fingerprint density at radius 3 is 2.94 bits per heavy atom. The lowest BCUT2D eigenvalue weighted by atomic mass is 10.0. The number of rotatable bonds is 4. The zero-order valence-electron chi connectivity index (χ0n) is 10.6. The fourth-order valence-electron chi connectivity index (χ4n) is 1.88. The minimum atomic E-state index is -0.688. The van der Waals surface area contributed by atoms with Crippen molar-refractivity contribution in [3.05, 3.63) is 0 Å². The van der Waals surface area contributed by atoms with Crippen molar-refractivity contribution < 1.29 is 9.53 Å². The molecule has 2 unspecified atom stereocenters. The quantitative estimate of drug-likeness (QED) is 0.756. The maximum atomic E-state index is 12.0. The van der Waals surface area contributed by atoms with Crippen LogP contribution in [0.3, 0.4) is 0 Å². The topological polar surface area (TPSA) is 50.4 Å². The third-order valence-electron chi connectivity index (χ3n) is 3.49. The van der Waals surface area contributed by atoms with E-state index >= 15 is 0 Å². The van der Waals surface area contributed by atoms with Gasteiger partial charge in [0.25, 0.3) is 5.91 Å². The number of methoxy groups -OCH3 is 1. The number of nitrogens with one attached hydrogen (secondary N) is 2. The molecule has 0 aromatic carbocycles. The van der Waals surface area contributed by atoms with Crippen molar-refractivity contribution in [1.29, 1.82) is 0 Å². The summed E-state index contributed by atoms with van der Waals surface area (Å²) in [4.78, 5) is 12.0. The first-order chi connectivity index (χ1) is 7.62. The van der Waals surface area contributed by atoms with Crippen molar-refractivity contribution in [2.24, 2.45) is 0 Å². The molecule has 0 aromatic heterocycles. The summed E-state index contributed by atoms with van der Waals surface area (Å²) >= 11 is 0. The van der Waals surface area contributed by atoms with E-state index in [1.165, 1.54) is 12.8 Å². The van der Waals surface area contributed by atoms with E-state index in [1.807, 2.05) is 13.8 Å². The molecule has 1 aliphatic rings. The highest BCUT2D eigenvalue weighted by atomic mass is 16.5. The van der Waals surface area contributed by atoms with Crippen LogP contribution in [0.4, 0.5) is 0 Å². The number of carbonyl (C=O) groups is 1. The number of amides is 1. The summed E-state index contributed by atoms with van der Waals surface area (Å²) in [6.45, 7) is 5.73. The van der Waals surface area contributed by atoms with Gasteiger partial charge in [0.05, 0.1) is 0 Å². The summed E-state index contributed by atoms with van der Waals surface area (Å²) in [6.07, 6.45) is 4.12. The Bertz CT molecular complexity index is 219. The lowest BCUT2D eigenvalue weighted by Gasteiger charge is -2.28. The number of ether oxygens (including phenoxy) is 1. The monoisotopic (exact) mass is 228 g/mol. The molecule has 0 radical (unpaired) electrons. The van der Waals surface area contributed by atoms with Gasteiger partial charge in [-0.2, -0.15) is 0 Å². The van der Waals surface area contributed by atoms with E-state index < -0.39 is 5.60 Å². The maximum absolute atomic E-state index is 12.0. The predicted octanol–water partition coefficient (Wildman–Crippen LogP) is 1.06. The average Bonchev–Trinajstić information content (AvgIpc) is 2.56. The molecule has 1 amide bonds. The van der Waals surface area contributed by atoms with Gasteiger partial charge in [0.1, 0.15) is 5.60 Å². The first-order valence-corrected chi connectivity index (χ1v) is 6.19. The van der Waals surface area contributed by atoms with Crippen molar-refractivity contribution in [2.45, 2.75) is 51.2 Å². The zero-order valence-corrected chi connectivity index (χ0v) is 10.6. The molecule has 0 aromatic rings. The van der Waals surface area contributed by atoms with Gasteiger partial charge in [0.15, 0.2) is 0 Å². The smallest absolute Gasteiger partial charge is 0.252 e. The largest absolute Gasteiger partial charge is 0.369 e. The van der Waals surface area contributed by atoms with Gasteiger partial charge in [-0.25, -0.2) is 0 Å². The summed E-state index contributed by atoms with van der Waals surface area (Å²) in [5.74, 6) is 0.00574. The number of hydrogen-bond acceptors (Lipinski definition) is 3. The standard InChI is InChI=1S/C12H24N2O2/c1-4-12(2,16-3)11(15)14-10-7-5-6-8-13-9-10/h10,13H,4-9H2,1-3H3,(H,14,15). The first kappa shape index (κ1) is 13.5. The van der Waals surface area contributed by atoms with Gasteiger partial charge in [-0.3, -0.25) is 4.79 Å². The van der Waals surface area contributed by atoms with Crippen LogP contribution in [0.25, 0.3) is 0 Å². The van der Waals surface area contributed by atoms with Crippen molar-refractivity contribution >= 4 is 5.91 Å². The Balaban J connectivity index is 2.48. The van der Waals surface area contributed by atoms with Crippen molar-refractivity contribution in [1.82, 2.24) is 10.6 Å². The molecular weight excluding hydrogens is 204 g/mol.